The van der Waals surface area contributed by atoms with Crippen LogP contribution in [0.25, 0.3) is 22.3 Å². The van der Waals surface area contributed by atoms with Gasteiger partial charge >= 0.3 is 13.3 Å². The van der Waals surface area contributed by atoms with Crippen LogP contribution in [0.2, 0.25) is 0 Å². The van der Waals surface area contributed by atoms with Crippen molar-refractivity contribution >= 4 is 48.3 Å². The van der Waals surface area contributed by atoms with Gasteiger partial charge in [0.1, 0.15) is 17.0 Å². The first-order valence-corrected chi connectivity index (χ1v) is 11.5. The van der Waals surface area contributed by atoms with Crippen LogP contribution in [0.5, 0.6) is 0 Å². The number of carbonyl (C=O) groups excluding carboxylic acids is 1. The smallest absolute Gasteiger partial charge is 0.455 e. The van der Waals surface area contributed by atoms with Gasteiger partial charge in [0, 0.05) is 41.4 Å². The second-order valence-corrected chi connectivity index (χ2v) is 10.0. The lowest BCUT2D eigenvalue weighted by Crippen LogP contribution is -2.41. The van der Waals surface area contributed by atoms with Crippen molar-refractivity contribution in [3.8, 4) is 11.3 Å². The van der Waals surface area contributed by atoms with Crippen molar-refractivity contribution in [2.75, 3.05) is 25.4 Å². The van der Waals surface area contributed by atoms with Gasteiger partial charge in [-0.05, 0) is 60.0 Å². The molecule has 194 valence electrons. The minimum atomic E-state index is -4.57. The van der Waals surface area contributed by atoms with Crippen molar-refractivity contribution in [3.63, 3.8) is 0 Å². The molecule has 0 atom stereocenters. The molecule has 1 saturated heterocycles. The van der Waals surface area contributed by atoms with E-state index in [-0.39, 0.29) is 16.9 Å². The summed E-state index contributed by atoms with van der Waals surface area (Å²) in [5.74, 6) is 0.125. The molecule has 1 aliphatic rings. The van der Waals surface area contributed by atoms with Gasteiger partial charge in [-0.1, -0.05) is 12.8 Å². The molecule has 0 radical (unpaired) electrons. The van der Waals surface area contributed by atoms with Crippen LogP contribution in [-0.4, -0.2) is 50.7 Å². The van der Waals surface area contributed by atoms with E-state index in [1.807, 2.05) is 41.8 Å². The van der Waals surface area contributed by atoms with Gasteiger partial charge in [0.25, 0.3) is 0 Å². The number of alkyl halides is 3. The number of nitrogens with one attached hydrogen (secondary N) is 1. The number of furan rings is 1. The first kappa shape index (κ1) is 28.0. The SMILES string of the molecule is CN(S)c1cc2oc(-c3ccc(C(F)(F)F)nc3)c(C=O)c2cc1B1OC(C)(C)C(C)(C)O1.CNC. The number of aldehydes is 1. The molecule has 0 aliphatic carbocycles. The molecular weight excluding hydrogens is 494 g/mol. The van der Waals surface area contributed by atoms with Gasteiger partial charge in [-0.25, -0.2) is 0 Å². The Balaban J connectivity index is 0.00000115. The molecule has 1 aliphatic heterocycles. The Bertz CT molecular complexity index is 1230. The van der Waals surface area contributed by atoms with E-state index in [1.165, 1.54) is 6.07 Å². The van der Waals surface area contributed by atoms with E-state index in [1.54, 1.807) is 23.5 Å². The maximum atomic E-state index is 12.9. The molecule has 36 heavy (non-hydrogen) atoms. The molecule has 1 N–H and O–H groups in total. The van der Waals surface area contributed by atoms with E-state index in [2.05, 4.69) is 23.1 Å². The van der Waals surface area contributed by atoms with Crippen molar-refractivity contribution < 1.29 is 31.7 Å². The van der Waals surface area contributed by atoms with Crippen LogP contribution in [-0.2, 0) is 15.5 Å². The molecule has 7 nitrogen and oxygen atoms in total. The number of carbonyl (C=O) groups is 1. The van der Waals surface area contributed by atoms with Gasteiger partial charge in [0.15, 0.2) is 6.29 Å². The van der Waals surface area contributed by atoms with Crippen LogP contribution in [0.1, 0.15) is 43.7 Å². The van der Waals surface area contributed by atoms with Crippen molar-refractivity contribution in [1.82, 2.24) is 10.3 Å². The number of hydrogen-bond acceptors (Lipinski definition) is 8. The molecule has 3 aromatic rings. The average Bonchev–Trinajstić information content (AvgIpc) is 3.25. The monoisotopic (exact) mass is 523 g/mol. The summed E-state index contributed by atoms with van der Waals surface area (Å²) in [7, 11) is 4.75. The number of hydrogen-bond donors (Lipinski definition) is 2. The first-order chi connectivity index (χ1) is 16.7. The van der Waals surface area contributed by atoms with Crippen molar-refractivity contribution in [2.24, 2.45) is 0 Å². The van der Waals surface area contributed by atoms with Crippen molar-refractivity contribution in [1.29, 1.82) is 0 Å². The molecule has 1 fully saturated rings. The number of anilines is 1. The Kier molecular flexibility index (Phi) is 7.85. The minimum absolute atomic E-state index is 0.125. The maximum Gasteiger partial charge on any atom is 0.497 e. The number of halogens is 3. The van der Waals surface area contributed by atoms with Crippen LogP contribution in [0, 0.1) is 0 Å². The lowest BCUT2D eigenvalue weighted by molar-refractivity contribution is -0.141. The molecule has 1 aromatic carbocycles. The highest BCUT2D eigenvalue weighted by Crippen LogP contribution is 2.39. The lowest BCUT2D eigenvalue weighted by Gasteiger charge is -2.32. The summed E-state index contributed by atoms with van der Waals surface area (Å²) in [5, 5.41) is 3.23. The Morgan fingerprint density at radius 3 is 2.14 bits per heavy atom. The molecule has 0 saturated carbocycles. The number of benzene rings is 1. The molecule has 0 spiro atoms. The summed E-state index contributed by atoms with van der Waals surface area (Å²) in [6.45, 7) is 7.72. The van der Waals surface area contributed by atoms with Gasteiger partial charge < -0.3 is 23.3 Å². The predicted molar refractivity (Wildman–Crippen MR) is 138 cm³/mol. The predicted octanol–water partition coefficient (Wildman–Crippen LogP) is 4.74. The van der Waals surface area contributed by atoms with Gasteiger partial charge in [-0.15, -0.1) is 0 Å². The first-order valence-electron chi connectivity index (χ1n) is 11.1. The Hall–Kier alpha value is -2.54. The Labute approximate surface area is 214 Å². The van der Waals surface area contributed by atoms with E-state index >= 15 is 0 Å². The van der Waals surface area contributed by atoms with Crippen LogP contribution < -0.4 is 15.1 Å². The van der Waals surface area contributed by atoms with E-state index in [0.717, 1.165) is 12.3 Å². The largest absolute Gasteiger partial charge is 0.497 e. The second kappa shape index (κ2) is 10.1. The normalized spacial score (nSPS) is 16.6. The third-order valence-electron chi connectivity index (χ3n) is 6.17. The number of aromatic nitrogens is 1. The highest BCUT2D eigenvalue weighted by molar-refractivity contribution is 7.81. The number of pyridine rings is 1. The lowest BCUT2D eigenvalue weighted by atomic mass is 9.77. The number of nitrogens with zero attached hydrogens (tertiary/aromatic N) is 2. The van der Waals surface area contributed by atoms with E-state index in [0.29, 0.717) is 28.4 Å². The van der Waals surface area contributed by atoms with E-state index < -0.39 is 30.2 Å². The van der Waals surface area contributed by atoms with Crippen molar-refractivity contribution in [2.45, 2.75) is 45.1 Å². The zero-order valence-electron chi connectivity index (χ0n) is 21.1. The van der Waals surface area contributed by atoms with Crippen LogP contribution in [0.15, 0.2) is 34.9 Å². The fourth-order valence-corrected chi connectivity index (χ4v) is 3.81. The number of rotatable bonds is 4. The van der Waals surface area contributed by atoms with Gasteiger partial charge in [0.05, 0.1) is 16.8 Å². The zero-order chi connectivity index (χ0) is 27.1. The molecular formula is C24H29BF3N3O4S. The molecule has 4 rings (SSSR count). The van der Waals surface area contributed by atoms with E-state index in [9.17, 15) is 18.0 Å². The van der Waals surface area contributed by atoms with Crippen LogP contribution >= 0.6 is 12.8 Å². The third kappa shape index (κ3) is 5.27. The second-order valence-electron chi connectivity index (χ2n) is 9.41. The summed E-state index contributed by atoms with van der Waals surface area (Å²) in [6, 6.07) is 5.49. The minimum Gasteiger partial charge on any atom is -0.455 e. The third-order valence-corrected chi connectivity index (χ3v) is 6.38. The summed E-state index contributed by atoms with van der Waals surface area (Å²) in [6.07, 6.45) is -2.92. The molecule has 12 heteroatoms. The summed E-state index contributed by atoms with van der Waals surface area (Å²) < 4.78 is 58.5. The molecule has 0 amide bonds. The Morgan fingerprint density at radius 1 is 1.11 bits per heavy atom. The summed E-state index contributed by atoms with van der Waals surface area (Å²) in [5.41, 5.74) is -0.121. The topological polar surface area (TPSA) is 76.8 Å². The Morgan fingerprint density at radius 2 is 1.69 bits per heavy atom. The molecule has 0 bridgehead atoms. The van der Waals surface area contributed by atoms with Crippen LogP contribution in [0.3, 0.4) is 0 Å². The quantitative estimate of drug-likeness (QED) is 0.291. The number of fused-ring (bicyclic) bond motifs is 1. The molecule has 2 aromatic heterocycles. The van der Waals surface area contributed by atoms with Gasteiger partial charge in [-0.2, -0.15) is 13.2 Å². The summed E-state index contributed by atoms with van der Waals surface area (Å²) >= 11 is 4.42. The summed E-state index contributed by atoms with van der Waals surface area (Å²) in [4.78, 5) is 15.5. The number of thiol groups is 1. The molecule has 3 heterocycles. The maximum absolute atomic E-state index is 12.9. The highest BCUT2D eigenvalue weighted by atomic mass is 32.1. The molecule has 0 unspecified atom stereocenters. The highest BCUT2D eigenvalue weighted by Gasteiger charge is 2.52. The fraction of sp³-hybridized carbons (Fsp3) is 0.417. The van der Waals surface area contributed by atoms with Crippen LogP contribution in [0.4, 0.5) is 18.9 Å². The average molecular weight is 523 g/mol. The van der Waals surface area contributed by atoms with Crippen molar-refractivity contribution in [3.05, 3.63) is 41.7 Å². The zero-order valence-corrected chi connectivity index (χ0v) is 22.0. The standard InChI is InChI=1S/C22H22BF3N2O4S.C2H7N/c1-20(2)21(3,4)32-23(31-20)15-8-13-14(11-29)19(30-17(13)9-16(15)28(5)33)12-6-7-18(27-10-12)22(24,25)26;1-3-2/h6-11,33H,1-5H3;3H,1-2H3. The fourth-order valence-electron chi connectivity index (χ4n) is 3.63. The van der Waals surface area contributed by atoms with E-state index in [4.69, 9.17) is 13.7 Å². The van der Waals surface area contributed by atoms with Gasteiger partial charge in [0.2, 0.25) is 0 Å². The van der Waals surface area contributed by atoms with Gasteiger partial charge in [-0.3, -0.25) is 9.78 Å².